The fourth-order valence-electron chi connectivity index (χ4n) is 0.897. The molecule has 0 aromatic heterocycles. The van der Waals surface area contributed by atoms with Crippen molar-refractivity contribution in [2.24, 2.45) is 0 Å². The average Bonchev–Trinajstić information content (AvgIpc) is 2.19. The minimum atomic E-state index is -1.35. The first-order chi connectivity index (χ1) is 6.74. The highest BCUT2D eigenvalue weighted by atomic mass is 16.6. The number of aliphatic hydroxyl groups excluding tert-OH is 1. The second-order valence-corrected chi connectivity index (χ2v) is 2.52. The smallest absolute Gasteiger partial charge is 0.341 e. The standard InChI is InChI=1S/C11H10O3/c1-2-6-10(12)14-11(13)9-7-4-3-5-8-9/h3-5,7-8,10,12H,1H3. The maximum absolute atomic E-state index is 11.3. The van der Waals surface area contributed by atoms with E-state index in [1.54, 1.807) is 37.3 Å². The molecule has 0 bridgehead atoms. The summed E-state index contributed by atoms with van der Waals surface area (Å²) in [5.74, 6) is 4.17. The van der Waals surface area contributed by atoms with Crippen LogP contribution in [0.3, 0.4) is 0 Å². The second kappa shape index (κ2) is 5.05. The van der Waals surface area contributed by atoms with Crippen molar-refractivity contribution >= 4 is 5.97 Å². The Morgan fingerprint density at radius 1 is 1.43 bits per heavy atom. The van der Waals surface area contributed by atoms with Gasteiger partial charge in [-0.3, -0.25) is 0 Å². The van der Waals surface area contributed by atoms with Gasteiger partial charge in [0.2, 0.25) is 0 Å². The molecule has 0 aliphatic rings. The molecule has 1 aromatic carbocycles. The Morgan fingerprint density at radius 2 is 2.07 bits per heavy atom. The number of rotatable bonds is 2. The monoisotopic (exact) mass is 190 g/mol. The average molecular weight is 190 g/mol. The van der Waals surface area contributed by atoms with Crippen molar-refractivity contribution in [2.75, 3.05) is 0 Å². The van der Waals surface area contributed by atoms with Gasteiger partial charge in [0.05, 0.1) is 5.56 Å². The van der Waals surface area contributed by atoms with Crippen LogP contribution in [-0.2, 0) is 4.74 Å². The number of hydrogen-bond acceptors (Lipinski definition) is 3. The summed E-state index contributed by atoms with van der Waals surface area (Å²) in [6, 6.07) is 8.44. The minimum Gasteiger partial charge on any atom is -0.420 e. The SMILES string of the molecule is CC#CC(O)OC(=O)c1ccccc1. The van der Waals surface area contributed by atoms with Gasteiger partial charge in [-0.25, -0.2) is 4.79 Å². The summed E-state index contributed by atoms with van der Waals surface area (Å²) >= 11 is 0. The highest BCUT2D eigenvalue weighted by Crippen LogP contribution is 2.02. The molecular formula is C11H10O3. The Labute approximate surface area is 82.3 Å². The van der Waals surface area contributed by atoms with E-state index in [0.29, 0.717) is 5.56 Å². The number of esters is 1. The number of carbonyl (C=O) groups is 1. The van der Waals surface area contributed by atoms with E-state index in [4.69, 9.17) is 5.11 Å². The zero-order chi connectivity index (χ0) is 10.4. The van der Waals surface area contributed by atoms with Crippen molar-refractivity contribution in [3.05, 3.63) is 35.9 Å². The van der Waals surface area contributed by atoms with E-state index >= 15 is 0 Å². The third-order valence-electron chi connectivity index (χ3n) is 1.50. The minimum absolute atomic E-state index is 0.393. The van der Waals surface area contributed by atoms with Gasteiger partial charge < -0.3 is 9.84 Å². The van der Waals surface area contributed by atoms with E-state index in [-0.39, 0.29) is 0 Å². The Hall–Kier alpha value is -1.79. The van der Waals surface area contributed by atoms with Gasteiger partial charge in [0, 0.05) is 0 Å². The van der Waals surface area contributed by atoms with Crippen LogP contribution < -0.4 is 0 Å². The molecule has 1 unspecified atom stereocenters. The molecule has 0 fully saturated rings. The van der Waals surface area contributed by atoms with Gasteiger partial charge in [0.15, 0.2) is 0 Å². The normalized spacial score (nSPS) is 11.0. The molecule has 0 aliphatic carbocycles. The molecule has 14 heavy (non-hydrogen) atoms. The Balaban J connectivity index is 2.62. The van der Waals surface area contributed by atoms with E-state index in [1.165, 1.54) is 0 Å². The van der Waals surface area contributed by atoms with Crippen LogP contribution in [0.2, 0.25) is 0 Å². The second-order valence-electron chi connectivity index (χ2n) is 2.52. The van der Waals surface area contributed by atoms with E-state index < -0.39 is 12.3 Å². The number of ether oxygens (including phenoxy) is 1. The summed E-state index contributed by atoms with van der Waals surface area (Å²) < 4.78 is 4.62. The molecule has 1 aromatic rings. The fraction of sp³-hybridized carbons (Fsp3) is 0.182. The summed E-state index contributed by atoms with van der Waals surface area (Å²) in [5.41, 5.74) is 0.393. The summed E-state index contributed by atoms with van der Waals surface area (Å²) in [6.45, 7) is 1.56. The highest BCUT2D eigenvalue weighted by molar-refractivity contribution is 5.89. The molecule has 0 saturated heterocycles. The Morgan fingerprint density at radius 3 is 2.64 bits per heavy atom. The predicted molar refractivity (Wildman–Crippen MR) is 51.3 cm³/mol. The number of benzene rings is 1. The predicted octanol–water partition coefficient (Wildman–Crippen LogP) is 1.19. The molecule has 0 amide bonds. The fourth-order valence-corrected chi connectivity index (χ4v) is 0.897. The first-order valence-corrected chi connectivity index (χ1v) is 4.10. The van der Waals surface area contributed by atoms with Crippen molar-refractivity contribution in [1.82, 2.24) is 0 Å². The maximum Gasteiger partial charge on any atom is 0.341 e. The highest BCUT2D eigenvalue weighted by Gasteiger charge is 2.09. The molecular weight excluding hydrogens is 180 g/mol. The molecule has 0 spiro atoms. The van der Waals surface area contributed by atoms with Gasteiger partial charge in [-0.05, 0) is 25.0 Å². The number of carbonyl (C=O) groups excluding carboxylic acids is 1. The molecule has 0 heterocycles. The van der Waals surface area contributed by atoms with E-state index in [2.05, 4.69) is 16.6 Å². The molecule has 1 rings (SSSR count). The number of hydrogen-bond donors (Lipinski definition) is 1. The lowest BCUT2D eigenvalue weighted by molar-refractivity contribution is -0.0298. The lowest BCUT2D eigenvalue weighted by atomic mass is 10.2. The van der Waals surface area contributed by atoms with Crippen molar-refractivity contribution in [3.8, 4) is 11.8 Å². The van der Waals surface area contributed by atoms with Crippen LogP contribution in [-0.4, -0.2) is 17.4 Å². The Bertz CT molecular complexity index is 359. The number of aliphatic hydroxyl groups is 1. The van der Waals surface area contributed by atoms with Crippen LogP contribution in [0.15, 0.2) is 30.3 Å². The molecule has 1 N–H and O–H groups in total. The van der Waals surface area contributed by atoms with Crippen molar-refractivity contribution in [3.63, 3.8) is 0 Å². The molecule has 0 aliphatic heterocycles. The van der Waals surface area contributed by atoms with Crippen molar-refractivity contribution < 1.29 is 14.6 Å². The van der Waals surface area contributed by atoms with Crippen LogP contribution in [0.5, 0.6) is 0 Å². The molecule has 3 heteroatoms. The summed E-state index contributed by atoms with van der Waals surface area (Å²) in [5, 5.41) is 9.06. The van der Waals surface area contributed by atoms with Gasteiger partial charge in [-0.1, -0.05) is 18.2 Å². The summed E-state index contributed by atoms with van der Waals surface area (Å²) in [6.07, 6.45) is -1.35. The third-order valence-corrected chi connectivity index (χ3v) is 1.50. The quantitative estimate of drug-likeness (QED) is 0.433. The first-order valence-electron chi connectivity index (χ1n) is 4.10. The van der Waals surface area contributed by atoms with E-state index in [9.17, 15) is 4.79 Å². The lowest BCUT2D eigenvalue weighted by Gasteiger charge is -2.05. The molecule has 72 valence electrons. The zero-order valence-corrected chi connectivity index (χ0v) is 7.73. The van der Waals surface area contributed by atoms with E-state index in [1.807, 2.05) is 0 Å². The van der Waals surface area contributed by atoms with E-state index in [0.717, 1.165) is 0 Å². The van der Waals surface area contributed by atoms with Crippen molar-refractivity contribution in [1.29, 1.82) is 0 Å². The van der Waals surface area contributed by atoms with Gasteiger partial charge in [0.1, 0.15) is 0 Å². The maximum atomic E-state index is 11.3. The van der Waals surface area contributed by atoms with Crippen LogP contribution in [0.1, 0.15) is 17.3 Å². The topological polar surface area (TPSA) is 46.5 Å². The van der Waals surface area contributed by atoms with Crippen molar-refractivity contribution in [2.45, 2.75) is 13.2 Å². The summed E-state index contributed by atoms with van der Waals surface area (Å²) in [7, 11) is 0. The van der Waals surface area contributed by atoms with Gasteiger partial charge in [-0.15, -0.1) is 5.92 Å². The summed E-state index contributed by atoms with van der Waals surface area (Å²) in [4.78, 5) is 11.3. The van der Waals surface area contributed by atoms with Gasteiger partial charge >= 0.3 is 5.97 Å². The van der Waals surface area contributed by atoms with Gasteiger partial charge in [-0.2, -0.15) is 0 Å². The van der Waals surface area contributed by atoms with Crippen LogP contribution in [0.25, 0.3) is 0 Å². The largest absolute Gasteiger partial charge is 0.420 e. The van der Waals surface area contributed by atoms with Crippen LogP contribution >= 0.6 is 0 Å². The molecule has 0 radical (unpaired) electrons. The first kappa shape index (κ1) is 10.3. The lowest BCUT2D eigenvalue weighted by Crippen LogP contribution is -2.15. The van der Waals surface area contributed by atoms with Crippen LogP contribution in [0, 0.1) is 11.8 Å². The third kappa shape index (κ3) is 2.92. The van der Waals surface area contributed by atoms with Crippen LogP contribution in [0.4, 0.5) is 0 Å². The molecule has 1 atom stereocenters. The molecule has 3 nitrogen and oxygen atoms in total. The zero-order valence-electron chi connectivity index (χ0n) is 7.73. The van der Waals surface area contributed by atoms with Gasteiger partial charge in [0.25, 0.3) is 6.29 Å². The Kier molecular flexibility index (Phi) is 3.71. The molecule has 0 saturated carbocycles.